The van der Waals surface area contributed by atoms with E-state index in [0.717, 1.165) is 16.4 Å². The summed E-state index contributed by atoms with van der Waals surface area (Å²) in [6.07, 6.45) is -1.28. The molecule has 0 fully saturated rings. The molecule has 1 amide bonds. The van der Waals surface area contributed by atoms with E-state index in [1.165, 1.54) is 30.3 Å². The van der Waals surface area contributed by atoms with Crippen molar-refractivity contribution in [2.24, 2.45) is 0 Å². The van der Waals surface area contributed by atoms with Crippen molar-refractivity contribution in [3.8, 4) is 5.75 Å². The lowest BCUT2D eigenvalue weighted by Gasteiger charge is -2.34. The van der Waals surface area contributed by atoms with E-state index >= 15 is 0 Å². The Morgan fingerprint density at radius 2 is 1.77 bits per heavy atom. The molecule has 0 radical (unpaired) electrons. The smallest absolute Gasteiger partial charge is 0.267 e. The predicted octanol–water partition coefficient (Wildman–Crippen LogP) is 4.21. The van der Waals surface area contributed by atoms with Gasteiger partial charge < -0.3 is 10.1 Å². The van der Waals surface area contributed by atoms with Crippen molar-refractivity contribution in [3.63, 3.8) is 0 Å². The van der Waals surface area contributed by atoms with Gasteiger partial charge in [0.05, 0.1) is 22.8 Å². The molecule has 31 heavy (non-hydrogen) atoms. The highest BCUT2D eigenvalue weighted by Crippen LogP contribution is 2.37. The third kappa shape index (κ3) is 4.19. The molecule has 1 heterocycles. The minimum absolute atomic E-state index is 0.0164. The van der Waals surface area contributed by atoms with Crippen LogP contribution in [0, 0.1) is 11.6 Å². The second-order valence-electron chi connectivity index (χ2n) is 6.68. The van der Waals surface area contributed by atoms with Gasteiger partial charge >= 0.3 is 0 Å². The monoisotopic (exact) mass is 464 g/mol. The van der Waals surface area contributed by atoms with Crippen molar-refractivity contribution in [2.75, 3.05) is 16.2 Å². The van der Waals surface area contributed by atoms with Crippen LogP contribution in [0.4, 0.5) is 20.2 Å². The van der Waals surface area contributed by atoms with E-state index in [1.54, 1.807) is 18.2 Å². The predicted molar refractivity (Wildman–Crippen MR) is 112 cm³/mol. The van der Waals surface area contributed by atoms with Gasteiger partial charge in [0.1, 0.15) is 17.4 Å². The maximum absolute atomic E-state index is 13.9. The zero-order valence-corrected chi connectivity index (χ0v) is 17.3. The van der Waals surface area contributed by atoms with Gasteiger partial charge in [0.15, 0.2) is 6.10 Å². The summed E-state index contributed by atoms with van der Waals surface area (Å²) < 4.78 is 60.3. The van der Waals surface area contributed by atoms with Crippen LogP contribution in [0.5, 0.6) is 5.75 Å². The summed E-state index contributed by atoms with van der Waals surface area (Å²) in [5, 5.41) is 2.69. The fourth-order valence-corrected chi connectivity index (χ4v) is 4.71. The molecule has 10 heteroatoms. The van der Waals surface area contributed by atoms with E-state index in [9.17, 15) is 22.0 Å². The third-order valence-corrected chi connectivity index (χ3v) is 6.66. The highest BCUT2D eigenvalue weighted by atomic mass is 35.5. The molecule has 0 bridgehead atoms. The Morgan fingerprint density at radius 1 is 1.06 bits per heavy atom. The first-order valence-corrected chi connectivity index (χ1v) is 10.9. The quantitative estimate of drug-likeness (QED) is 0.627. The number of rotatable bonds is 4. The van der Waals surface area contributed by atoms with Crippen LogP contribution in [-0.2, 0) is 14.8 Å². The molecule has 0 aromatic heterocycles. The lowest BCUT2D eigenvalue weighted by Crippen LogP contribution is -2.48. The maximum Gasteiger partial charge on any atom is 0.267 e. The lowest BCUT2D eigenvalue weighted by molar-refractivity contribution is -0.122. The Morgan fingerprint density at radius 3 is 2.48 bits per heavy atom. The van der Waals surface area contributed by atoms with Crippen molar-refractivity contribution >= 4 is 38.9 Å². The molecule has 1 atom stereocenters. The number of carbonyl (C=O) groups is 1. The van der Waals surface area contributed by atoms with Crippen molar-refractivity contribution in [3.05, 3.63) is 83.4 Å². The summed E-state index contributed by atoms with van der Waals surface area (Å²) in [4.78, 5) is 12.7. The number of para-hydroxylation sites is 2. The molecule has 0 saturated carbocycles. The second-order valence-corrected chi connectivity index (χ2v) is 8.98. The number of carbonyl (C=O) groups excluding carboxylic acids is 1. The number of nitrogens with one attached hydrogen (secondary N) is 1. The number of benzene rings is 3. The highest BCUT2D eigenvalue weighted by molar-refractivity contribution is 7.92. The number of anilines is 2. The number of amides is 1. The Hall–Kier alpha value is -3.17. The standard InChI is InChI=1S/C21H15ClF2N2O4S/c22-13-5-8-15(9-6-13)31(28,29)26-12-20(30-19-4-2-1-3-18(19)26)21(27)25-17-10-7-14(23)11-16(17)24/h1-11,20H,12H2,(H,25,27). The molecule has 3 aromatic carbocycles. The summed E-state index contributed by atoms with van der Waals surface area (Å²) in [6, 6.07) is 14.7. The first-order valence-electron chi connectivity index (χ1n) is 9.05. The zero-order valence-electron chi connectivity index (χ0n) is 15.8. The van der Waals surface area contributed by atoms with Crippen molar-refractivity contribution < 1.29 is 26.7 Å². The van der Waals surface area contributed by atoms with Crippen LogP contribution in [0.2, 0.25) is 5.02 Å². The molecule has 1 unspecified atom stereocenters. The van der Waals surface area contributed by atoms with E-state index in [-0.39, 0.29) is 28.6 Å². The van der Waals surface area contributed by atoms with Gasteiger partial charge in [0.2, 0.25) is 0 Å². The minimum Gasteiger partial charge on any atom is -0.476 e. The van der Waals surface area contributed by atoms with E-state index in [1.807, 2.05) is 0 Å². The number of ether oxygens (including phenoxy) is 1. The number of fused-ring (bicyclic) bond motifs is 1. The summed E-state index contributed by atoms with van der Waals surface area (Å²) in [5.74, 6) is -2.36. The molecular weight excluding hydrogens is 450 g/mol. The molecule has 160 valence electrons. The van der Waals surface area contributed by atoms with Crippen molar-refractivity contribution in [1.82, 2.24) is 0 Å². The van der Waals surface area contributed by atoms with Crippen molar-refractivity contribution in [1.29, 1.82) is 0 Å². The summed E-state index contributed by atoms with van der Waals surface area (Å²) in [5.41, 5.74) is 0.00966. The largest absolute Gasteiger partial charge is 0.476 e. The van der Waals surface area contributed by atoms with Crippen LogP contribution in [0.1, 0.15) is 0 Å². The third-order valence-electron chi connectivity index (χ3n) is 4.62. The second kappa shape index (κ2) is 8.16. The van der Waals surface area contributed by atoms with Crippen LogP contribution >= 0.6 is 11.6 Å². The van der Waals surface area contributed by atoms with Crippen LogP contribution in [0.3, 0.4) is 0 Å². The summed E-state index contributed by atoms with van der Waals surface area (Å²) in [6.45, 7) is -0.351. The number of hydrogen-bond donors (Lipinski definition) is 1. The number of sulfonamides is 1. The average Bonchev–Trinajstić information content (AvgIpc) is 2.75. The van der Waals surface area contributed by atoms with Crippen LogP contribution in [0.15, 0.2) is 71.6 Å². The zero-order chi connectivity index (χ0) is 22.2. The number of hydrogen-bond acceptors (Lipinski definition) is 4. The average molecular weight is 465 g/mol. The van der Waals surface area contributed by atoms with Gasteiger partial charge in [-0.3, -0.25) is 9.10 Å². The fourth-order valence-electron chi connectivity index (χ4n) is 3.10. The fraction of sp³-hybridized carbons (Fsp3) is 0.0952. The van der Waals surface area contributed by atoms with E-state index in [0.29, 0.717) is 11.1 Å². The topological polar surface area (TPSA) is 75.7 Å². The molecule has 0 saturated heterocycles. The maximum atomic E-state index is 13.9. The summed E-state index contributed by atoms with van der Waals surface area (Å²) in [7, 11) is -4.05. The Labute approximate surface area is 182 Å². The van der Waals surface area contributed by atoms with Gasteiger partial charge in [-0.1, -0.05) is 23.7 Å². The molecule has 1 N–H and O–H groups in total. The van der Waals surface area contributed by atoms with E-state index in [4.69, 9.17) is 16.3 Å². The molecule has 4 rings (SSSR count). The number of nitrogens with zero attached hydrogens (tertiary/aromatic N) is 1. The number of halogens is 3. The first kappa shape index (κ1) is 21.1. The van der Waals surface area contributed by atoms with Gasteiger partial charge in [0, 0.05) is 11.1 Å². The van der Waals surface area contributed by atoms with Crippen molar-refractivity contribution in [2.45, 2.75) is 11.0 Å². The van der Waals surface area contributed by atoms with Crippen LogP contribution in [-0.4, -0.2) is 27.0 Å². The molecule has 1 aliphatic rings. The minimum atomic E-state index is -4.05. The van der Waals surface area contributed by atoms with E-state index in [2.05, 4.69) is 5.32 Å². The lowest BCUT2D eigenvalue weighted by atomic mass is 10.2. The summed E-state index contributed by atoms with van der Waals surface area (Å²) >= 11 is 5.86. The molecule has 0 aliphatic carbocycles. The van der Waals surface area contributed by atoms with Gasteiger partial charge in [0.25, 0.3) is 15.9 Å². The van der Waals surface area contributed by atoms with Gasteiger partial charge in [-0.2, -0.15) is 0 Å². The Balaban J connectivity index is 1.67. The molecular formula is C21H15ClF2N2O4S. The Bertz CT molecular complexity index is 1250. The molecule has 6 nitrogen and oxygen atoms in total. The van der Waals surface area contributed by atoms with Gasteiger partial charge in [-0.05, 0) is 48.5 Å². The van der Waals surface area contributed by atoms with Crippen LogP contribution < -0.4 is 14.4 Å². The van der Waals surface area contributed by atoms with E-state index < -0.39 is 33.7 Å². The normalized spacial score (nSPS) is 15.7. The van der Waals surface area contributed by atoms with Gasteiger partial charge in [-0.25, -0.2) is 17.2 Å². The highest BCUT2D eigenvalue weighted by Gasteiger charge is 2.37. The molecule has 3 aromatic rings. The van der Waals surface area contributed by atoms with Gasteiger partial charge in [-0.15, -0.1) is 0 Å². The Kier molecular flexibility index (Phi) is 5.55. The first-order chi connectivity index (χ1) is 14.8. The SMILES string of the molecule is O=C(Nc1ccc(F)cc1F)C1CN(S(=O)(=O)c2ccc(Cl)cc2)c2ccccc2O1. The molecule has 1 aliphatic heterocycles. The molecule has 0 spiro atoms. The van der Waals surface area contributed by atoms with Crippen LogP contribution in [0.25, 0.3) is 0 Å².